The molecule has 1 rings (SSSR count). The summed E-state index contributed by atoms with van der Waals surface area (Å²) in [6, 6.07) is 3.05. The number of rotatable bonds is 6. The molecule has 0 radical (unpaired) electrons. The maximum atomic E-state index is 10.8. The number of benzene rings is 1. The van der Waals surface area contributed by atoms with Gasteiger partial charge in [-0.2, -0.15) is 0 Å². The number of nitro benzene ring substituents is 2. The van der Waals surface area contributed by atoms with E-state index in [0.717, 1.165) is 12.1 Å². The predicted octanol–water partition coefficient (Wildman–Crippen LogP) is -1.76. The Labute approximate surface area is 139 Å². The van der Waals surface area contributed by atoms with E-state index in [1.165, 1.54) is 6.07 Å². The molecular formula is C8H7N2NaO7S2. The van der Waals surface area contributed by atoms with Crippen LogP contribution in [0.2, 0.25) is 0 Å². The van der Waals surface area contributed by atoms with Crippen LogP contribution in [0.3, 0.4) is 0 Å². The van der Waals surface area contributed by atoms with Gasteiger partial charge in [0, 0.05) is 17.4 Å². The van der Waals surface area contributed by atoms with Crippen molar-refractivity contribution in [3.63, 3.8) is 0 Å². The van der Waals surface area contributed by atoms with E-state index in [4.69, 9.17) is 0 Å². The van der Waals surface area contributed by atoms with Gasteiger partial charge in [0.2, 0.25) is 0 Å². The van der Waals surface area contributed by atoms with Crippen molar-refractivity contribution in [1.29, 1.82) is 0 Å². The molecule has 20 heavy (non-hydrogen) atoms. The van der Waals surface area contributed by atoms with E-state index >= 15 is 0 Å². The SMILES string of the molecule is O=[N+]([O-])c1ccc(CCSS(=O)(=O)[O-])c([N+](=O)[O-])c1.[Na+]. The number of non-ortho nitro benzene ring substituents is 1. The summed E-state index contributed by atoms with van der Waals surface area (Å²) in [5, 5.41) is 21.2. The van der Waals surface area contributed by atoms with Gasteiger partial charge in [-0.15, -0.1) is 0 Å². The number of hydrogen-bond donors (Lipinski definition) is 0. The molecule has 0 amide bonds. The van der Waals surface area contributed by atoms with E-state index in [2.05, 4.69) is 0 Å². The molecule has 0 unspecified atom stereocenters. The first-order chi connectivity index (χ1) is 8.70. The largest absolute Gasteiger partial charge is 1.00 e. The molecule has 1 aromatic rings. The fourth-order valence-corrected chi connectivity index (χ4v) is 2.67. The molecule has 104 valence electrons. The zero-order chi connectivity index (χ0) is 14.6. The van der Waals surface area contributed by atoms with E-state index in [1.807, 2.05) is 0 Å². The van der Waals surface area contributed by atoms with Crippen molar-refractivity contribution in [2.45, 2.75) is 6.42 Å². The summed E-state index contributed by atoms with van der Waals surface area (Å²) in [7, 11) is -4.34. The molecule has 0 bridgehead atoms. The van der Waals surface area contributed by atoms with Gasteiger partial charge in [-0.1, -0.05) is 0 Å². The van der Waals surface area contributed by atoms with Crippen LogP contribution in [0.1, 0.15) is 5.56 Å². The van der Waals surface area contributed by atoms with E-state index < -0.39 is 30.4 Å². The van der Waals surface area contributed by atoms with Gasteiger partial charge in [0.05, 0.1) is 15.9 Å². The number of hydrogen-bond acceptors (Lipinski definition) is 8. The molecule has 0 aliphatic rings. The molecule has 0 N–H and O–H groups in total. The van der Waals surface area contributed by atoms with Crippen LogP contribution >= 0.6 is 10.8 Å². The summed E-state index contributed by atoms with van der Waals surface area (Å²) < 4.78 is 31.1. The number of aryl methyl sites for hydroxylation is 1. The number of nitrogens with zero attached hydrogens (tertiary/aromatic N) is 2. The summed E-state index contributed by atoms with van der Waals surface area (Å²) in [5.74, 6) is -0.162. The third kappa shape index (κ3) is 6.15. The van der Waals surface area contributed by atoms with Gasteiger partial charge in [-0.25, -0.2) is 8.42 Å². The minimum Gasteiger partial charge on any atom is -0.739 e. The average molecular weight is 330 g/mol. The zero-order valence-corrected chi connectivity index (χ0v) is 13.8. The molecule has 12 heteroatoms. The summed E-state index contributed by atoms with van der Waals surface area (Å²) in [6.45, 7) is 0. The van der Waals surface area contributed by atoms with Gasteiger partial charge in [-0.05, 0) is 23.3 Å². The summed E-state index contributed by atoms with van der Waals surface area (Å²) >= 11 is 0. The maximum absolute atomic E-state index is 10.8. The molecule has 0 aliphatic heterocycles. The standard InChI is InChI=1S/C8H8N2O7S2.Na/c11-9(12)7-2-1-6(8(5-7)10(13)14)3-4-18-19(15,16)17;/h1-2,5H,3-4H2,(H,15,16,17);/q;+1/p-1. The smallest absolute Gasteiger partial charge is 0.739 e. The average Bonchev–Trinajstić information content (AvgIpc) is 2.27. The van der Waals surface area contributed by atoms with E-state index in [0.29, 0.717) is 0 Å². The van der Waals surface area contributed by atoms with Gasteiger partial charge < -0.3 is 4.55 Å². The van der Waals surface area contributed by atoms with E-state index in [1.54, 1.807) is 0 Å². The second-order valence-corrected chi connectivity index (χ2v) is 6.70. The third-order valence-electron chi connectivity index (χ3n) is 2.08. The Kier molecular flexibility index (Phi) is 7.62. The molecule has 0 spiro atoms. The molecule has 0 heterocycles. The molecule has 0 fully saturated rings. The molecule has 0 atom stereocenters. The maximum Gasteiger partial charge on any atom is 1.00 e. The van der Waals surface area contributed by atoms with Gasteiger partial charge in [0.1, 0.15) is 9.15 Å². The van der Waals surface area contributed by atoms with Crippen molar-refractivity contribution in [2.24, 2.45) is 0 Å². The van der Waals surface area contributed by atoms with Crippen LogP contribution in [0.4, 0.5) is 11.4 Å². The van der Waals surface area contributed by atoms with Crippen molar-refractivity contribution in [3.05, 3.63) is 44.0 Å². The fraction of sp³-hybridized carbons (Fsp3) is 0.250. The first-order valence-electron chi connectivity index (χ1n) is 4.72. The summed E-state index contributed by atoms with van der Waals surface area (Å²) in [4.78, 5) is 19.7. The quantitative estimate of drug-likeness (QED) is 0.196. The van der Waals surface area contributed by atoms with Crippen molar-refractivity contribution >= 4 is 31.3 Å². The van der Waals surface area contributed by atoms with Crippen molar-refractivity contribution < 1.29 is 52.4 Å². The summed E-state index contributed by atoms with van der Waals surface area (Å²) in [6.07, 6.45) is -0.0551. The molecule has 0 saturated carbocycles. The van der Waals surface area contributed by atoms with Gasteiger partial charge in [0.25, 0.3) is 11.4 Å². The topological polar surface area (TPSA) is 143 Å². The monoisotopic (exact) mass is 330 g/mol. The second-order valence-electron chi connectivity index (χ2n) is 3.31. The van der Waals surface area contributed by atoms with Crippen molar-refractivity contribution in [2.75, 3.05) is 5.75 Å². The molecule has 0 aliphatic carbocycles. The van der Waals surface area contributed by atoms with Gasteiger partial charge in [-0.3, -0.25) is 20.2 Å². The van der Waals surface area contributed by atoms with Crippen LogP contribution in [0, 0.1) is 20.2 Å². The Morgan fingerprint density at radius 3 is 2.20 bits per heavy atom. The van der Waals surface area contributed by atoms with Crippen LogP contribution in [-0.4, -0.2) is 28.6 Å². The number of nitro groups is 2. The second kappa shape index (κ2) is 7.90. The van der Waals surface area contributed by atoms with Crippen molar-refractivity contribution in [3.8, 4) is 0 Å². The van der Waals surface area contributed by atoms with Crippen LogP contribution < -0.4 is 29.6 Å². The summed E-state index contributed by atoms with van der Waals surface area (Å²) in [5.41, 5.74) is -0.774. The van der Waals surface area contributed by atoms with Crippen LogP contribution in [0.5, 0.6) is 0 Å². The minimum absolute atomic E-state index is 0. The van der Waals surface area contributed by atoms with Gasteiger partial charge >= 0.3 is 29.6 Å². The fourth-order valence-electron chi connectivity index (χ4n) is 1.30. The van der Waals surface area contributed by atoms with E-state index in [9.17, 15) is 33.2 Å². The Morgan fingerprint density at radius 1 is 1.15 bits per heavy atom. The molecule has 0 saturated heterocycles. The normalized spacial score (nSPS) is 10.7. The van der Waals surface area contributed by atoms with E-state index in [-0.39, 0.29) is 58.1 Å². The molecular weight excluding hydrogens is 323 g/mol. The first kappa shape index (κ1) is 19.3. The third-order valence-corrected chi connectivity index (χ3v) is 4.10. The predicted molar refractivity (Wildman–Crippen MR) is 65.6 cm³/mol. The Bertz CT molecular complexity index is 619. The van der Waals surface area contributed by atoms with Crippen LogP contribution in [0.25, 0.3) is 0 Å². The Balaban J connectivity index is 0.00000361. The first-order valence-corrected chi connectivity index (χ1v) is 7.64. The molecule has 0 aromatic heterocycles. The minimum atomic E-state index is -4.46. The Hall–Kier alpha value is -0.720. The van der Waals surface area contributed by atoms with Crippen LogP contribution in [-0.2, 0) is 15.6 Å². The van der Waals surface area contributed by atoms with Crippen molar-refractivity contribution in [1.82, 2.24) is 0 Å². The van der Waals surface area contributed by atoms with Crippen LogP contribution in [0.15, 0.2) is 18.2 Å². The molecule has 1 aromatic carbocycles. The zero-order valence-electron chi connectivity index (χ0n) is 10.2. The molecule has 9 nitrogen and oxygen atoms in total. The van der Waals surface area contributed by atoms with Gasteiger partial charge in [0.15, 0.2) is 0 Å². The Morgan fingerprint density at radius 2 is 1.75 bits per heavy atom.